The number of alkyl carbamates (subject to hydrolysis) is 1. The molecule has 1 amide bonds. The van der Waals surface area contributed by atoms with Gasteiger partial charge >= 0.3 is 6.09 Å². The van der Waals surface area contributed by atoms with E-state index in [4.69, 9.17) is 9.47 Å². The summed E-state index contributed by atoms with van der Waals surface area (Å²) >= 11 is 0. The van der Waals surface area contributed by atoms with Crippen LogP contribution >= 0.6 is 0 Å². The molecule has 6 nitrogen and oxygen atoms in total. The molecule has 0 saturated carbocycles. The number of hydrogen-bond acceptors (Lipinski definition) is 5. The first-order valence-electron chi connectivity index (χ1n) is 10.2. The van der Waals surface area contributed by atoms with Crippen molar-refractivity contribution in [1.82, 2.24) is 10.2 Å². The highest BCUT2D eigenvalue weighted by molar-refractivity contribution is 5.68. The number of nitrogens with one attached hydrogen (secondary N) is 1. The van der Waals surface area contributed by atoms with E-state index in [1.165, 1.54) is 0 Å². The quantitative estimate of drug-likeness (QED) is 0.510. The fraction of sp³-hybridized carbons (Fsp3) is 0.682. The molecule has 6 heteroatoms. The molecule has 158 valence electrons. The van der Waals surface area contributed by atoms with Gasteiger partial charge in [0.05, 0.1) is 11.1 Å². The summed E-state index contributed by atoms with van der Waals surface area (Å²) in [6.07, 6.45) is 10.0. The van der Waals surface area contributed by atoms with E-state index in [0.717, 1.165) is 31.3 Å². The largest absolute Gasteiger partial charge is 0.445 e. The standard InChI is InChI=1S/C22H36N2O4/c1-6-17(2)22(23-19(25)27-15-18-11-8-7-9-12-18)13-10-14-24(16-22)20(26)28-21(3,4)5/h6-8,11,17,20,26H,1,9-10,12-16H2,2-5H3,(H,23,25). The number of carbonyl (C=O) groups is 1. The molecule has 0 aromatic carbocycles. The monoisotopic (exact) mass is 392 g/mol. The van der Waals surface area contributed by atoms with Crippen molar-refractivity contribution in [2.24, 2.45) is 5.92 Å². The normalized spacial score (nSPS) is 25.5. The lowest BCUT2D eigenvalue weighted by Gasteiger charge is -2.47. The van der Waals surface area contributed by atoms with Crippen LogP contribution in [0.1, 0.15) is 53.4 Å². The van der Waals surface area contributed by atoms with E-state index >= 15 is 0 Å². The second-order valence-electron chi connectivity index (χ2n) is 8.80. The second kappa shape index (κ2) is 9.72. The van der Waals surface area contributed by atoms with Gasteiger partial charge in [-0.1, -0.05) is 31.2 Å². The van der Waals surface area contributed by atoms with Gasteiger partial charge in [0.15, 0.2) is 0 Å². The van der Waals surface area contributed by atoms with Crippen molar-refractivity contribution in [2.75, 3.05) is 19.7 Å². The minimum atomic E-state index is -1.02. The third kappa shape index (κ3) is 6.47. The Labute approximate surface area is 169 Å². The predicted molar refractivity (Wildman–Crippen MR) is 111 cm³/mol. The summed E-state index contributed by atoms with van der Waals surface area (Å²) in [4.78, 5) is 14.4. The molecule has 0 spiro atoms. The summed E-state index contributed by atoms with van der Waals surface area (Å²) in [6.45, 7) is 13.1. The van der Waals surface area contributed by atoms with E-state index in [0.29, 0.717) is 19.7 Å². The summed E-state index contributed by atoms with van der Waals surface area (Å²) in [5.41, 5.74) is 0.0980. The van der Waals surface area contributed by atoms with Gasteiger partial charge in [-0.2, -0.15) is 0 Å². The Bertz CT molecular complexity index is 608. The van der Waals surface area contributed by atoms with Crippen molar-refractivity contribution in [2.45, 2.75) is 70.9 Å². The van der Waals surface area contributed by atoms with Gasteiger partial charge in [0.1, 0.15) is 6.61 Å². The average molecular weight is 393 g/mol. The first kappa shape index (κ1) is 22.7. The third-order valence-electron chi connectivity index (χ3n) is 5.39. The van der Waals surface area contributed by atoms with E-state index in [-0.39, 0.29) is 5.92 Å². The van der Waals surface area contributed by atoms with Gasteiger partial charge in [-0.25, -0.2) is 4.79 Å². The molecule has 28 heavy (non-hydrogen) atoms. The van der Waals surface area contributed by atoms with Gasteiger partial charge < -0.3 is 19.9 Å². The SMILES string of the molecule is C=CC(C)C1(NC(=O)OCC2=CC=CCC2)CCCN(C(O)OC(C)(C)C)C1. The molecule has 1 heterocycles. The van der Waals surface area contributed by atoms with E-state index in [2.05, 4.69) is 18.0 Å². The zero-order valence-corrected chi connectivity index (χ0v) is 17.7. The smallest absolute Gasteiger partial charge is 0.407 e. The zero-order valence-electron chi connectivity index (χ0n) is 17.7. The lowest BCUT2D eigenvalue weighted by atomic mass is 9.78. The molecule has 0 bridgehead atoms. The Morgan fingerprint density at radius 2 is 2.25 bits per heavy atom. The predicted octanol–water partition coefficient (Wildman–Crippen LogP) is 3.74. The average Bonchev–Trinajstić information content (AvgIpc) is 2.65. The van der Waals surface area contributed by atoms with Gasteiger partial charge in [0, 0.05) is 13.1 Å². The Kier molecular flexibility index (Phi) is 7.87. The van der Waals surface area contributed by atoms with Gasteiger partial charge in [0.2, 0.25) is 6.41 Å². The first-order valence-corrected chi connectivity index (χ1v) is 10.2. The highest BCUT2D eigenvalue weighted by Gasteiger charge is 2.43. The van der Waals surface area contributed by atoms with Crippen LogP contribution in [0.15, 0.2) is 36.5 Å². The van der Waals surface area contributed by atoms with Crippen LogP contribution < -0.4 is 5.32 Å². The number of ether oxygens (including phenoxy) is 2. The minimum absolute atomic E-state index is 0.0153. The maximum absolute atomic E-state index is 12.6. The summed E-state index contributed by atoms with van der Waals surface area (Å²) in [5.74, 6) is 0.0153. The van der Waals surface area contributed by atoms with Gasteiger partial charge in [-0.3, -0.25) is 4.90 Å². The van der Waals surface area contributed by atoms with Crippen LogP contribution in [0, 0.1) is 5.92 Å². The fourth-order valence-corrected chi connectivity index (χ4v) is 3.68. The summed E-state index contributed by atoms with van der Waals surface area (Å²) in [6, 6.07) is 0. The first-order chi connectivity index (χ1) is 13.1. The molecule has 0 radical (unpaired) electrons. The Morgan fingerprint density at radius 1 is 1.50 bits per heavy atom. The molecule has 1 saturated heterocycles. The fourth-order valence-electron chi connectivity index (χ4n) is 3.68. The lowest BCUT2D eigenvalue weighted by molar-refractivity contribution is -0.247. The highest BCUT2D eigenvalue weighted by Crippen LogP contribution is 2.31. The van der Waals surface area contributed by atoms with Gasteiger partial charge in [-0.15, -0.1) is 6.58 Å². The van der Waals surface area contributed by atoms with Crippen molar-refractivity contribution >= 4 is 6.09 Å². The molecule has 2 rings (SSSR count). The van der Waals surface area contributed by atoms with Crippen LogP contribution in [0.3, 0.4) is 0 Å². The van der Waals surface area contributed by atoms with Crippen molar-refractivity contribution in [3.8, 4) is 0 Å². The molecular weight excluding hydrogens is 356 g/mol. The van der Waals surface area contributed by atoms with E-state index < -0.39 is 23.6 Å². The topological polar surface area (TPSA) is 71.0 Å². The van der Waals surface area contributed by atoms with Crippen molar-refractivity contribution in [3.63, 3.8) is 0 Å². The Balaban J connectivity index is 2.03. The van der Waals surface area contributed by atoms with E-state index in [1.807, 2.05) is 50.8 Å². The number of piperidine rings is 1. The van der Waals surface area contributed by atoms with Crippen LogP contribution in [0.4, 0.5) is 4.79 Å². The number of aliphatic hydroxyl groups excluding tert-OH is 1. The molecule has 2 aliphatic rings. The summed E-state index contributed by atoms with van der Waals surface area (Å²) in [5, 5.41) is 13.6. The van der Waals surface area contributed by atoms with Crippen molar-refractivity contribution < 1.29 is 19.4 Å². The minimum Gasteiger partial charge on any atom is -0.445 e. The second-order valence-corrected chi connectivity index (χ2v) is 8.80. The number of amides is 1. The molecular formula is C22H36N2O4. The molecule has 1 aliphatic heterocycles. The summed E-state index contributed by atoms with van der Waals surface area (Å²) < 4.78 is 11.2. The lowest BCUT2D eigenvalue weighted by Crippen LogP contribution is -2.63. The maximum Gasteiger partial charge on any atom is 0.407 e. The van der Waals surface area contributed by atoms with E-state index in [1.54, 1.807) is 0 Å². The molecule has 0 aromatic rings. The third-order valence-corrected chi connectivity index (χ3v) is 5.39. The maximum atomic E-state index is 12.6. The number of carbonyl (C=O) groups excluding carboxylic acids is 1. The number of allylic oxidation sites excluding steroid dienone is 3. The molecule has 0 aromatic heterocycles. The Morgan fingerprint density at radius 3 is 2.86 bits per heavy atom. The van der Waals surface area contributed by atoms with E-state index in [9.17, 15) is 9.90 Å². The van der Waals surface area contributed by atoms with Crippen molar-refractivity contribution in [1.29, 1.82) is 0 Å². The van der Waals surface area contributed by atoms with Crippen LogP contribution in [-0.2, 0) is 9.47 Å². The van der Waals surface area contributed by atoms with Crippen LogP contribution in [0.5, 0.6) is 0 Å². The van der Waals surface area contributed by atoms with Crippen LogP contribution in [0.25, 0.3) is 0 Å². The van der Waals surface area contributed by atoms with Crippen LogP contribution in [0.2, 0.25) is 0 Å². The molecule has 1 fully saturated rings. The van der Waals surface area contributed by atoms with Crippen LogP contribution in [-0.4, -0.2) is 53.4 Å². The number of rotatable bonds is 7. The molecule has 1 aliphatic carbocycles. The Hall–Kier alpha value is -1.63. The highest BCUT2D eigenvalue weighted by atomic mass is 16.6. The number of nitrogens with zero attached hydrogens (tertiary/aromatic N) is 1. The molecule has 2 N–H and O–H groups in total. The summed E-state index contributed by atoms with van der Waals surface area (Å²) in [7, 11) is 0. The molecule has 3 unspecified atom stereocenters. The number of hydrogen-bond donors (Lipinski definition) is 2. The van der Waals surface area contributed by atoms with Gasteiger partial charge in [0.25, 0.3) is 0 Å². The number of aliphatic hydroxyl groups is 1. The molecule has 3 atom stereocenters. The number of likely N-dealkylation sites (tertiary alicyclic amines) is 1. The van der Waals surface area contributed by atoms with Crippen molar-refractivity contribution in [3.05, 3.63) is 36.5 Å². The van der Waals surface area contributed by atoms with Gasteiger partial charge in [-0.05, 0) is 57.9 Å². The zero-order chi connectivity index (χ0) is 20.8.